The van der Waals surface area contributed by atoms with E-state index in [4.69, 9.17) is 0 Å². The third kappa shape index (κ3) is 7.13. The number of aliphatic imine (C=N–C) groups is 1. The Balaban J connectivity index is 0. The zero-order valence-corrected chi connectivity index (χ0v) is 10.4. The molecule has 0 atom stereocenters. The van der Waals surface area contributed by atoms with Crippen LogP contribution < -0.4 is 0 Å². The molecule has 7 heteroatoms. The van der Waals surface area contributed by atoms with Crippen LogP contribution in [0.3, 0.4) is 0 Å². The van der Waals surface area contributed by atoms with Gasteiger partial charge in [-0.1, -0.05) is 26.0 Å². The van der Waals surface area contributed by atoms with E-state index in [2.05, 4.69) is 4.99 Å². The van der Waals surface area contributed by atoms with Crippen molar-refractivity contribution in [3.8, 4) is 0 Å². The molecule has 0 aromatic heterocycles. The van der Waals surface area contributed by atoms with Crippen LogP contribution in [0.5, 0.6) is 0 Å². The van der Waals surface area contributed by atoms with E-state index < -0.39 is 23.8 Å². The van der Waals surface area contributed by atoms with Crippen molar-refractivity contribution in [3.63, 3.8) is 0 Å². The van der Waals surface area contributed by atoms with Crippen LogP contribution in [0.1, 0.15) is 27.7 Å². The Kier molecular flexibility index (Phi) is 8.42. The fourth-order valence-electron chi connectivity index (χ4n) is 0.774. The maximum absolute atomic E-state index is 12.2. The molecule has 0 heterocycles. The van der Waals surface area contributed by atoms with Gasteiger partial charge in [0.1, 0.15) is 11.4 Å². The molecule has 0 aliphatic heterocycles. The first-order valence-corrected chi connectivity index (χ1v) is 5.15. The Morgan fingerprint density at radius 3 is 1.56 bits per heavy atom. The second kappa shape index (κ2) is 7.94. The van der Waals surface area contributed by atoms with Crippen LogP contribution in [0.2, 0.25) is 0 Å². The van der Waals surface area contributed by atoms with Crippen molar-refractivity contribution in [2.24, 2.45) is 4.99 Å². The van der Waals surface area contributed by atoms with Crippen molar-refractivity contribution in [3.05, 3.63) is 23.9 Å². The summed E-state index contributed by atoms with van der Waals surface area (Å²) in [5.41, 5.74) is -3.15. The van der Waals surface area contributed by atoms with Gasteiger partial charge in [0.2, 0.25) is 0 Å². The highest BCUT2D eigenvalue weighted by molar-refractivity contribution is 6.00. The molecule has 106 valence electrons. The number of hydrogen-bond donors (Lipinski definition) is 0. The maximum atomic E-state index is 12.2. The number of nitrogens with zero attached hydrogens (tertiary/aromatic N) is 1. The van der Waals surface area contributed by atoms with Crippen LogP contribution in [0.25, 0.3) is 0 Å². The van der Waals surface area contributed by atoms with Crippen LogP contribution in [0.4, 0.5) is 26.3 Å². The van der Waals surface area contributed by atoms with E-state index in [1.165, 1.54) is 6.92 Å². The van der Waals surface area contributed by atoms with Crippen molar-refractivity contribution in [2.75, 3.05) is 0 Å². The Morgan fingerprint density at radius 2 is 1.33 bits per heavy atom. The molecule has 0 saturated heterocycles. The number of hydrogen-bond acceptors (Lipinski definition) is 1. The summed E-state index contributed by atoms with van der Waals surface area (Å²) in [4.78, 5) is 2.57. The molecule has 0 rings (SSSR count). The summed E-state index contributed by atoms with van der Waals surface area (Å²) >= 11 is 0. The molecular formula is C11H15F6N. The van der Waals surface area contributed by atoms with Gasteiger partial charge in [-0.25, -0.2) is 4.99 Å². The third-order valence-corrected chi connectivity index (χ3v) is 1.42. The summed E-state index contributed by atoms with van der Waals surface area (Å²) < 4.78 is 73.1. The predicted molar refractivity (Wildman–Crippen MR) is 59.5 cm³/mol. The Labute approximate surface area is 102 Å². The van der Waals surface area contributed by atoms with Crippen LogP contribution in [-0.4, -0.2) is 18.1 Å². The van der Waals surface area contributed by atoms with Gasteiger partial charge in [-0.05, 0) is 19.9 Å². The molecule has 0 aliphatic rings. The Bertz CT molecular complexity index is 319. The number of alkyl halides is 6. The van der Waals surface area contributed by atoms with Crippen LogP contribution in [0.15, 0.2) is 28.9 Å². The molecule has 0 spiro atoms. The highest BCUT2D eigenvalue weighted by Gasteiger charge is 2.38. The zero-order chi connectivity index (χ0) is 15.0. The molecular weight excluding hydrogens is 260 g/mol. The summed E-state index contributed by atoms with van der Waals surface area (Å²) in [6.45, 7) is 6.22. The van der Waals surface area contributed by atoms with E-state index >= 15 is 0 Å². The Morgan fingerprint density at radius 1 is 0.889 bits per heavy atom. The van der Waals surface area contributed by atoms with Crippen molar-refractivity contribution < 1.29 is 26.3 Å². The lowest BCUT2D eigenvalue weighted by Crippen LogP contribution is -2.23. The minimum absolute atomic E-state index is 0.481. The summed E-state index contributed by atoms with van der Waals surface area (Å²) in [7, 11) is 0. The first-order chi connectivity index (χ1) is 8.12. The van der Waals surface area contributed by atoms with E-state index in [1.54, 1.807) is 0 Å². The molecule has 0 aromatic carbocycles. The van der Waals surface area contributed by atoms with E-state index in [0.717, 1.165) is 13.0 Å². The molecule has 0 N–H and O–H groups in total. The molecule has 0 aliphatic carbocycles. The second-order valence-electron chi connectivity index (χ2n) is 2.67. The maximum Gasteiger partial charge on any atom is 0.433 e. The Hall–Kier alpha value is -1.27. The standard InChI is InChI=1S/C9H9F6N.C2H6/c1-3-5-7(9(13,14)15)16-6(4-2)8(10,11)12;1-2/h3-5H,1-2H3;1-2H3/b5-3-,6-4-,16-7+;. The third-order valence-electron chi connectivity index (χ3n) is 1.42. The van der Waals surface area contributed by atoms with Crippen LogP contribution in [0, 0.1) is 0 Å². The number of rotatable bonds is 2. The van der Waals surface area contributed by atoms with E-state index in [9.17, 15) is 26.3 Å². The average molecular weight is 275 g/mol. The lowest BCUT2D eigenvalue weighted by molar-refractivity contribution is -0.0932. The largest absolute Gasteiger partial charge is 0.433 e. The van der Waals surface area contributed by atoms with Gasteiger partial charge in [0.15, 0.2) is 0 Å². The van der Waals surface area contributed by atoms with Gasteiger partial charge >= 0.3 is 12.4 Å². The highest BCUT2D eigenvalue weighted by Crippen LogP contribution is 2.29. The SMILES string of the molecule is CC.C\C=C/C(=N\C(=C/C)C(F)(F)F)C(F)(F)F. The van der Waals surface area contributed by atoms with Crippen molar-refractivity contribution in [1.29, 1.82) is 0 Å². The molecule has 0 bridgehead atoms. The van der Waals surface area contributed by atoms with Gasteiger partial charge < -0.3 is 0 Å². The summed E-state index contributed by atoms with van der Waals surface area (Å²) in [5, 5.41) is 0. The smallest absolute Gasteiger partial charge is 0.239 e. The lowest BCUT2D eigenvalue weighted by Gasteiger charge is -2.10. The normalized spacial score (nSPS) is 14.6. The van der Waals surface area contributed by atoms with Crippen molar-refractivity contribution >= 4 is 5.71 Å². The monoisotopic (exact) mass is 275 g/mol. The van der Waals surface area contributed by atoms with Gasteiger partial charge in [0, 0.05) is 0 Å². The molecule has 0 unspecified atom stereocenters. The van der Waals surface area contributed by atoms with Gasteiger partial charge in [0.05, 0.1) is 0 Å². The van der Waals surface area contributed by atoms with Crippen molar-refractivity contribution in [1.82, 2.24) is 0 Å². The van der Waals surface area contributed by atoms with Crippen LogP contribution >= 0.6 is 0 Å². The van der Waals surface area contributed by atoms with Crippen molar-refractivity contribution in [2.45, 2.75) is 40.0 Å². The van der Waals surface area contributed by atoms with E-state index in [-0.39, 0.29) is 0 Å². The molecule has 0 aromatic rings. The minimum Gasteiger partial charge on any atom is -0.239 e. The summed E-state index contributed by atoms with van der Waals surface area (Å²) in [6, 6.07) is 0. The van der Waals surface area contributed by atoms with Gasteiger partial charge in [0.25, 0.3) is 0 Å². The zero-order valence-electron chi connectivity index (χ0n) is 10.4. The molecule has 0 radical (unpaired) electrons. The molecule has 0 amide bonds. The molecule has 0 fully saturated rings. The minimum atomic E-state index is -4.91. The van der Waals surface area contributed by atoms with Crippen LogP contribution in [-0.2, 0) is 0 Å². The van der Waals surface area contributed by atoms with Gasteiger partial charge in [-0.15, -0.1) is 0 Å². The topological polar surface area (TPSA) is 12.4 Å². The van der Waals surface area contributed by atoms with E-state index in [1.807, 2.05) is 13.8 Å². The number of halogens is 6. The quantitative estimate of drug-likeness (QED) is 0.493. The molecule has 18 heavy (non-hydrogen) atoms. The fraction of sp³-hybridized carbons (Fsp3) is 0.545. The average Bonchev–Trinajstić information content (AvgIpc) is 2.23. The lowest BCUT2D eigenvalue weighted by atomic mass is 10.3. The molecule has 0 saturated carbocycles. The number of allylic oxidation sites excluding steroid dienone is 4. The fourth-order valence-corrected chi connectivity index (χ4v) is 0.774. The second-order valence-corrected chi connectivity index (χ2v) is 2.67. The van der Waals surface area contributed by atoms with Gasteiger partial charge in [-0.2, -0.15) is 26.3 Å². The summed E-state index contributed by atoms with van der Waals surface area (Å²) in [5.74, 6) is 0. The van der Waals surface area contributed by atoms with E-state index in [0.29, 0.717) is 12.2 Å². The van der Waals surface area contributed by atoms with Gasteiger partial charge in [-0.3, -0.25) is 0 Å². The highest BCUT2D eigenvalue weighted by atomic mass is 19.4. The summed E-state index contributed by atoms with van der Waals surface area (Å²) in [6.07, 6.45) is -7.88. The molecule has 1 nitrogen and oxygen atoms in total. The first-order valence-electron chi connectivity index (χ1n) is 5.15. The predicted octanol–water partition coefficient (Wildman–Crippen LogP) is 5.06. The first kappa shape index (κ1) is 19.1.